The monoisotopic (exact) mass is 228 g/mol. The van der Waals surface area contributed by atoms with E-state index >= 15 is 0 Å². The quantitative estimate of drug-likeness (QED) is 0.801. The summed E-state index contributed by atoms with van der Waals surface area (Å²) in [6.07, 6.45) is 1.55. The second-order valence-corrected chi connectivity index (χ2v) is 3.60. The van der Waals surface area contributed by atoms with Gasteiger partial charge in [-0.15, -0.1) is 0 Å². The van der Waals surface area contributed by atoms with Crippen LogP contribution in [0, 0.1) is 5.92 Å². The van der Waals surface area contributed by atoms with E-state index in [-0.39, 0.29) is 11.9 Å². The average Bonchev–Trinajstić information content (AvgIpc) is 2.26. The number of anilines is 1. The smallest absolute Gasteiger partial charge is 0.310 e. The molecule has 0 aliphatic rings. The highest BCUT2D eigenvalue weighted by Crippen LogP contribution is 2.10. The third-order valence-electron chi connectivity index (χ3n) is 1.92. The maximum atomic E-state index is 11.1. The Morgan fingerprint density at radius 1 is 1.67 bits per heavy atom. The van der Waals surface area contributed by atoms with Crippen LogP contribution in [-0.4, -0.2) is 24.6 Å². The molecule has 0 aliphatic carbocycles. The van der Waals surface area contributed by atoms with E-state index in [1.165, 1.54) is 7.11 Å². The molecule has 0 amide bonds. The molecule has 0 aromatic carbocycles. The number of ether oxygens (including phenoxy) is 1. The molecule has 0 bridgehead atoms. The number of aromatic nitrogens is 1. The second-order valence-electron chi connectivity index (χ2n) is 3.17. The summed E-state index contributed by atoms with van der Waals surface area (Å²) < 4.78 is 4.60. The third kappa shape index (κ3) is 3.75. The largest absolute Gasteiger partial charge is 0.469 e. The van der Waals surface area contributed by atoms with Gasteiger partial charge in [-0.25, -0.2) is 4.98 Å². The fourth-order valence-corrected chi connectivity index (χ4v) is 1.13. The zero-order chi connectivity index (χ0) is 11.3. The standard InChI is InChI=1S/C10H13ClN2O2/c1-7(10(14)15-2)5-12-9-4-3-8(11)6-13-9/h3-4,6-7H,5H2,1-2H3,(H,12,13). The van der Waals surface area contributed by atoms with Crippen LogP contribution in [0.3, 0.4) is 0 Å². The van der Waals surface area contributed by atoms with Crippen molar-refractivity contribution in [2.75, 3.05) is 19.0 Å². The van der Waals surface area contributed by atoms with Crippen LogP contribution in [0.2, 0.25) is 5.02 Å². The van der Waals surface area contributed by atoms with Gasteiger partial charge in [-0.3, -0.25) is 4.79 Å². The maximum absolute atomic E-state index is 11.1. The molecule has 1 rings (SSSR count). The van der Waals surface area contributed by atoms with Crippen LogP contribution < -0.4 is 5.32 Å². The van der Waals surface area contributed by atoms with Gasteiger partial charge in [0.25, 0.3) is 0 Å². The van der Waals surface area contributed by atoms with Crippen molar-refractivity contribution in [3.63, 3.8) is 0 Å². The van der Waals surface area contributed by atoms with E-state index in [4.69, 9.17) is 11.6 Å². The number of hydrogen-bond acceptors (Lipinski definition) is 4. The lowest BCUT2D eigenvalue weighted by Gasteiger charge is -2.10. The highest BCUT2D eigenvalue weighted by Gasteiger charge is 2.12. The van der Waals surface area contributed by atoms with Crippen molar-refractivity contribution in [1.82, 2.24) is 4.98 Å². The minimum atomic E-state index is -0.239. The summed E-state index contributed by atoms with van der Waals surface area (Å²) in [6, 6.07) is 3.49. The summed E-state index contributed by atoms with van der Waals surface area (Å²) in [4.78, 5) is 15.1. The summed E-state index contributed by atoms with van der Waals surface area (Å²) in [5.41, 5.74) is 0. The Labute approximate surface area is 93.6 Å². The number of rotatable bonds is 4. The number of hydrogen-bond donors (Lipinski definition) is 1. The molecule has 0 saturated heterocycles. The van der Waals surface area contributed by atoms with Crippen molar-refractivity contribution < 1.29 is 9.53 Å². The molecule has 0 radical (unpaired) electrons. The Hall–Kier alpha value is -1.29. The Morgan fingerprint density at radius 2 is 2.40 bits per heavy atom. The Balaban J connectivity index is 2.43. The summed E-state index contributed by atoms with van der Waals surface area (Å²) >= 11 is 5.68. The highest BCUT2D eigenvalue weighted by atomic mass is 35.5. The molecule has 0 fully saturated rings. The lowest BCUT2D eigenvalue weighted by molar-refractivity contribution is -0.144. The molecule has 1 unspecified atom stereocenters. The Bertz CT molecular complexity index is 327. The maximum Gasteiger partial charge on any atom is 0.310 e. The number of pyridine rings is 1. The number of halogens is 1. The van der Waals surface area contributed by atoms with Crippen LogP contribution in [0.1, 0.15) is 6.92 Å². The topological polar surface area (TPSA) is 51.2 Å². The highest BCUT2D eigenvalue weighted by molar-refractivity contribution is 6.30. The van der Waals surface area contributed by atoms with Crippen molar-refractivity contribution in [1.29, 1.82) is 0 Å². The molecule has 1 N–H and O–H groups in total. The number of esters is 1. The fourth-order valence-electron chi connectivity index (χ4n) is 1.02. The van der Waals surface area contributed by atoms with E-state index < -0.39 is 0 Å². The van der Waals surface area contributed by atoms with Gasteiger partial charge in [-0.1, -0.05) is 18.5 Å². The van der Waals surface area contributed by atoms with Gasteiger partial charge in [-0.2, -0.15) is 0 Å². The van der Waals surface area contributed by atoms with Crippen molar-refractivity contribution in [2.45, 2.75) is 6.92 Å². The van der Waals surface area contributed by atoms with E-state index in [0.717, 1.165) is 0 Å². The summed E-state index contributed by atoms with van der Waals surface area (Å²) in [5, 5.41) is 3.60. The fraction of sp³-hybridized carbons (Fsp3) is 0.400. The zero-order valence-electron chi connectivity index (χ0n) is 8.66. The molecule has 5 heteroatoms. The SMILES string of the molecule is COC(=O)C(C)CNc1ccc(Cl)cn1. The van der Waals surface area contributed by atoms with Crippen LogP contribution in [0.5, 0.6) is 0 Å². The van der Waals surface area contributed by atoms with E-state index in [0.29, 0.717) is 17.4 Å². The number of carbonyl (C=O) groups excluding carboxylic acids is 1. The Morgan fingerprint density at radius 3 is 2.93 bits per heavy atom. The first-order chi connectivity index (χ1) is 7.13. The number of nitrogens with one attached hydrogen (secondary N) is 1. The van der Waals surface area contributed by atoms with Crippen LogP contribution in [-0.2, 0) is 9.53 Å². The van der Waals surface area contributed by atoms with Gasteiger partial charge in [0.05, 0.1) is 18.1 Å². The molecule has 0 saturated carbocycles. The minimum Gasteiger partial charge on any atom is -0.469 e. The Kier molecular flexibility index (Phi) is 4.37. The number of carbonyl (C=O) groups is 1. The lowest BCUT2D eigenvalue weighted by atomic mass is 10.2. The molecule has 1 aromatic heterocycles. The molecule has 1 heterocycles. The third-order valence-corrected chi connectivity index (χ3v) is 2.14. The molecule has 1 atom stereocenters. The van der Waals surface area contributed by atoms with E-state index in [9.17, 15) is 4.79 Å². The van der Waals surface area contributed by atoms with Crippen molar-refractivity contribution in [2.24, 2.45) is 5.92 Å². The number of nitrogens with zero attached hydrogens (tertiary/aromatic N) is 1. The van der Waals surface area contributed by atoms with Gasteiger partial charge in [-0.05, 0) is 12.1 Å². The number of methoxy groups -OCH3 is 1. The first-order valence-corrected chi connectivity index (χ1v) is 4.94. The predicted octanol–water partition coefficient (Wildman–Crippen LogP) is 1.96. The van der Waals surface area contributed by atoms with Gasteiger partial charge in [0, 0.05) is 12.7 Å². The van der Waals surface area contributed by atoms with Gasteiger partial charge < -0.3 is 10.1 Å². The molecule has 0 spiro atoms. The summed E-state index contributed by atoms with van der Waals surface area (Å²) in [5.74, 6) is 0.249. The van der Waals surface area contributed by atoms with Crippen molar-refractivity contribution in [3.05, 3.63) is 23.4 Å². The zero-order valence-corrected chi connectivity index (χ0v) is 9.41. The molecule has 82 valence electrons. The first kappa shape index (κ1) is 11.8. The minimum absolute atomic E-state index is 0.201. The molecule has 15 heavy (non-hydrogen) atoms. The van der Waals surface area contributed by atoms with Gasteiger partial charge in [0.2, 0.25) is 0 Å². The molecular weight excluding hydrogens is 216 g/mol. The van der Waals surface area contributed by atoms with Crippen molar-refractivity contribution in [3.8, 4) is 0 Å². The predicted molar refractivity (Wildman–Crippen MR) is 58.9 cm³/mol. The first-order valence-electron chi connectivity index (χ1n) is 4.56. The van der Waals surface area contributed by atoms with Crippen LogP contribution >= 0.6 is 11.6 Å². The van der Waals surface area contributed by atoms with E-state index in [1.54, 1.807) is 25.3 Å². The van der Waals surface area contributed by atoms with Crippen LogP contribution in [0.4, 0.5) is 5.82 Å². The second kappa shape index (κ2) is 5.56. The molecule has 1 aromatic rings. The van der Waals surface area contributed by atoms with Crippen molar-refractivity contribution >= 4 is 23.4 Å². The average molecular weight is 229 g/mol. The molecular formula is C10H13ClN2O2. The van der Waals surface area contributed by atoms with E-state index in [2.05, 4.69) is 15.0 Å². The summed E-state index contributed by atoms with van der Waals surface area (Å²) in [6.45, 7) is 2.27. The molecule has 0 aliphatic heterocycles. The normalized spacial score (nSPS) is 11.9. The summed E-state index contributed by atoms with van der Waals surface area (Å²) in [7, 11) is 1.37. The van der Waals surface area contributed by atoms with E-state index in [1.807, 2.05) is 0 Å². The van der Waals surface area contributed by atoms with Crippen LogP contribution in [0.15, 0.2) is 18.3 Å². The van der Waals surface area contributed by atoms with Gasteiger partial charge in [0.1, 0.15) is 5.82 Å². The lowest BCUT2D eigenvalue weighted by Crippen LogP contribution is -2.21. The van der Waals surface area contributed by atoms with Crippen LogP contribution in [0.25, 0.3) is 0 Å². The van der Waals surface area contributed by atoms with Gasteiger partial charge >= 0.3 is 5.97 Å². The molecule has 4 nitrogen and oxygen atoms in total. The van der Waals surface area contributed by atoms with Gasteiger partial charge in [0.15, 0.2) is 0 Å².